The number of fused-ring (bicyclic) bond motifs is 1. The molecule has 6 heteroatoms. The zero-order chi connectivity index (χ0) is 17.6. The van der Waals surface area contributed by atoms with Crippen LogP contribution in [0.5, 0.6) is 0 Å². The molecular formula is C19H19N3O3. The summed E-state index contributed by atoms with van der Waals surface area (Å²) in [7, 11) is 0. The van der Waals surface area contributed by atoms with E-state index < -0.39 is 0 Å². The molecule has 0 aliphatic carbocycles. The summed E-state index contributed by atoms with van der Waals surface area (Å²) in [5.41, 5.74) is 2.02. The van der Waals surface area contributed by atoms with Gasteiger partial charge in [0.05, 0.1) is 11.9 Å². The quantitative estimate of drug-likeness (QED) is 0.724. The van der Waals surface area contributed by atoms with Crippen LogP contribution in [-0.4, -0.2) is 30.1 Å². The molecule has 2 N–H and O–H groups in total. The van der Waals surface area contributed by atoms with Crippen LogP contribution in [0.25, 0.3) is 22.2 Å². The van der Waals surface area contributed by atoms with E-state index in [0.717, 1.165) is 17.4 Å². The van der Waals surface area contributed by atoms with Crippen molar-refractivity contribution >= 4 is 22.7 Å². The van der Waals surface area contributed by atoms with Crippen LogP contribution >= 0.6 is 0 Å². The third kappa shape index (κ3) is 3.85. The van der Waals surface area contributed by atoms with Crippen LogP contribution in [0.3, 0.4) is 0 Å². The molecule has 2 aromatic carbocycles. The lowest BCUT2D eigenvalue weighted by Crippen LogP contribution is -2.37. The number of carbonyl (C=O) groups is 2. The number of nitrogens with one attached hydrogen (secondary N) is 2. The zero-order valence-corrected chi connectivity index (χ0v) is 13.9. The first-order chi connectivity index (χ1) is 12.2. The van der Waals surface area contributed by atoms with Gasteiger partial charge in [0.15, 0.2) is 5.76 Å². The van der Waals surface area contributed by atoms with E-state index in [-0.39, 0.29) is 18.4 Å². The van der Waals surface area contributed by atoms with Crippen molar-refractivity contribution in [1.82, 2.24) is 15.8 Å². The van der Waals surface area contributed by atoms with E-state index in [0.29, 0.717) is 23.4 Å². The summed E-state index contributed by atoms with van der Waals surface area (Å²) in [6.45, 7) is 2.52. The number of carbonyl (C=O) groups excluding carboxylic acids is 2. The largest absolute Gasteiger partial charge is 0.355 e. The fraction of sp³-hybridized carbons (Fsp3) is 0.211. The van der Waals surface area contributed by atoms with E-state index in [1.54, 1.807) is 18.2 Å². The van der Waals surface area contributed by atoms with Gasteiger partial charge in [-0.05, 0) is 24.6 Å². The molecule has 0 unspecified atom stereocenters. The molecule has 0 bridgehead atoms. The van der Waals surface area contributed by atoms with Gasteiger partial charge in [-0.25, -0.2) is 0 Å². The van der Waals surface area contributed by atoms with Gasteiger partial charge in [0, 0.05) is 17.7 Å². The summed E-state index contributed by atoms with van der Waals surface area (Å²) in [6, 6.07) is 14.7. The summed E-state index contributed by atoms with van der Waals surface area (Å²) in [5.74, 6) is 0.103. The SMILES string of the molecule is CCCNC(=O)CNC(=O)c1ccc2noc(-c3ccccc3)c2c1. The first-order valence-corrected chi connectivity index (χ1v) is 8.19. The van der Waals surface area contributed by atoms with E-state index in [9.17, 15) is 9.59 Å². The lowest BCUT2D eigenvalue weighted by molar-refractivity contribution is -0.120. The van der Waals surface area contributed by atoms with Gasteiger partial charge in [0.2, 0.25) is 5.91 Å². The number of rotatable bonds is 6. The summed E-state index contributed by atoms with van der Waals surface area (Å²) in [5, 5.41) is 10.1. The number of amides is 2. The number of aromatic nitrogens is 1. The number of nitrogens with zero attached hydrogens (tertiary/aromatic N) is 1. The van der Waals surface area contributed by atoms with Gasteiger partial charge in [-0.3, -0.25) is 9.59 Å². The van der Waals surface area contributed by atoms with E-state index in [1.807, 2.05) is 37.3 Å². The summed E-state index contributed by atoms with van der Waals surface area (Å²) < 4.78 is 5.43. The van der Waals surface area contributed by atoms with E-state index in [4.69, 9.17) is 4.52 Å². The third-order valence-corrected chi connectivity index (χ3v) is 3.76. The first kappa shape index (κ1) is 16.7. The minimum Gasteiger partial charge on any atom is -0.355 e. The predicted octanol–water partition coefficient (Wildman–Crippen LogP) is 2.75. The molecule has 0 aliphatic heterocycles. The Balaban J connectivity index is 1.79. The normalized spacial score (nSPS) is 10.6. The van der Waals surface area contributed by atoms with Crippen molar-refractivity contribution in [2.24, 2.45) is 0 Å². The van der Waals surface area contributed by atoms with Gasteiger partial charge in [0.1, 0.15) is 5.52 Å². The fourth-order valence-corrected chi connectivity index (χ4v) is 2.47. The molecule has 2 amide bonds. The average Bonchev–Trinajstić information content (AvgIpc) is 3.08. The summed E-state index contributed by atoms with van der Waals surface area (Å²) >= 11 is 0. The molecule has 0 aliphatic rings. The highest BCUT2D eigenvalue weighted by atomic mass is 16.5. The molecule has 6 nitrogen and oxygen atoms in total. The number of hydrogen-bond donors (Lipinski definition) is 2. The molecule has 1 heterocycles. The van der Waals surface area contributed by atoms with Crippen LogP contribution in [-0.2, 0) is 4.79 Å². The first-order valence-electron chi connectivity index (χ1n) is 8.19. The van der Waals surface area contributed by atoms with Crippen LogP contribution in [0, 0.1) is 0 Å². The second-order valence-corrected chi connectivity index (χ2v) is 5.64. The molecule has 0 atom stereocenters. The number of benzene rings is 2. The molecule has 0 spiro atoms. The topological polar surface area (TPSA) is 84.2 Å². The Labute approximate surface area is 145 Å². The standard InChI is InChI=1S/C19H19N3O3/c1-2-10-20-17(23)12-21-19(24)14-8-9-16-15(11-14)18(25-22-16)13-6-4-3-5-7-13/h3-9,11H,2,10,12H2,1H3,(H,20,23)(H,21,24). The smallest absolute Gasteiger partial charge is 0.251 e. The van der Waals surface area contributed by atoms with Crippen LogP contribution < -0.4 is 10.6 Å². The van der Waals surface area contributed by atoms with E-state index in [2.05, 4.69) is 15.8 Å². The highest BCUT2D eigenvalue weighted by Gasteiger charge is 2.14. The Morgan fingerprint density at radius 2 is 1.88 bits per heavy atom. The molecule has 3 aromatic rings. The van der Waals surface area contributed by atoms with Crippen molar-refractivity contribution < 1.29 is 14.1 Å². The summed E-state index contributed by atoms with van der Waals surface area (Å²) in [4.78, 5) is 23.9. The van der Waals surface area contributed by atoms with Crippen molar-refractivity contribution in [1.29, 1.82) is 0 Å². The second kappa shape index (κ2) is 7.61. The monoisotopic (exact) mass is 337 g/mol. The maximum absolute atomic E-state index is 12.3. The molecule has 0 saturated heterocycles. The van der Waals surface area contributed by atoms with Gasteiger partial charge < -0.3 is 15.2 Å². The van der Waals surface area contributed by atoms with Crippen molar-refractivity contribution in [3.05, 3.63) is 54.1 Å². The van der Waals surface area contributed by atoms with Crippen molar-refractivity contribution in [2.75, 3.05) is 13.1 Å². The van der Waals surface area contributed by atoms with Crippen LogP contribution in [0.1, 0.15) is 23.7 Å². The van der Waals surface area contributed by atoms with Crippen LogP contribution in [0.15, 0.2) is 53.1 Å². The molecule has 0 radical (unpaired) electrons. The lowest BCUT2D eigenvalue weighted by Gasteiger charge is -2.06. The highest BCUT2D eigenvalue weighted by molar-refractivity contribution is 6.01. The molecular weight excluding hydrogens is 318 g/mol. The molecule has 0 saturated carbocycles. The summed E-state index contributed by atoms with van der Waals surface area (Å²) in [6.07, 6.45) is 0.853. The zero-order valence-electron chi connectivity index (χ0n) is 13.9. The minimum absolute atomic E-state index is 0.0496. The van der Waals surface area contributed by atoms with Gasteiger partial charge in [-0.15, -0.1) is 0 Å². The molecule has 3 rings (SSSR count). The van der Waals surface area contributed by atoms with Gasteiger partial charge in [-0.1, -0.05) is 42.4 Å². The average molecular weight is 337 g/mol. The van der Waals surface area contributed by atoms with Gasteiger partial charge in [0.25, 0.3) is 5.91 Å². The molecule has 0 fully saturated rings. The van der Waals surface area contributed by atoms with Crippen molar-refractivity contribution in [3.8, 4) is 11.3 Å². The van der Waals surface area contributed by atoms with Gasteiger partial charge >= 0.3 is 0 Å². The molecule has 25 heavy (non-hydrogen) atoms. The predicted molar refractivity (Wildman–Crippen MR) is 95.1 cm³/mol. The highest BCUT2D eigenvalue weighted by Crippen LogP contribution is 2.29. The Kier molecular flexibility index (Phi) is 5.09. The van der Waals surface area contributed by atoms with Crippen molar-refractivity contribution in [2.45, 2.75) is 13.3 Å². The Morgan fingerprint density at radius 3 is 2.64 bits per heavy atom. The van der Waals surface area contributed by atoms with Crippen LogP contribution in [0.2, 0.25) is 0 Å². The molecule has 1 aromatic heterocycles. The number of hydrogen-bond acceptors (Lipinski definition) is 4. The maximum atomic E-state index is 12.3. The van der Waals surface area contributed by atoms with Crippen molar-refractivity contribution in [3.63, 3.8) is 0 Å². The Hall–Kier alpha value is -3.15. The van der Waals surface area contributed by atoms with Crippen LogP contribution in [0.4, 0.5) is 0 Å². The third-order valence-electron chi connectivity index (χ3n) is 3.76. The molecule has 128 valence electrons. The Morgan fingerprint density at radius 1 is 1.08 bits per heavy atom. The minimum atomic E-state index is -0.311. The lowest BCUT2D eigenvalue weighted by atomic mass is 10.1. The van der Waals surface area contributed by atoms with Gasteiger partial charge in [-0.2, -0.15) is 0 Å². The second-order valence-electron chi connectivity index (χ2n) is 5.64. The Bertz CT molecular complexity index is 887. The van der Waals surface area contributed by atoms with E-state index >= 15 is 0 Å². The fourth-order valence-electron chi connectivity index (χ4n) is 2.47. The maximum Gasteiger partial charge on any atom is 0.251 e. The van der Waals surface area contributed by atoms with E-state index in [1.165, 1.54) is 0 Å².